The Kier molecular flexibility index (Phi) is 5.67. The van der Waals surface area contributed by atoms with E-state index in [9.17, 15) is 19.1 Å². The first kappa shape index (κ1) is 21.9. The Morgan fingerprint density at radius 1 is 1.06 bits per heavy atom. The number of benzene rings is 3. The second kappa shape index (κ2) is 8.79. The first-order valence-corrected chi connectivity index (χ1v) is 10.9. The lowest BCUT2D eigenvalue weighted by atomic mass is 9.97. The van der Waals surface area contributed by atoms with Gasteiger partial charge in [-0.2, -0.15) is 0 Å². The number of anilines is 1. The van der Waals surface area contributed by atoms with Crippen LogP contribution in [-0.2, 0) is 27.4 Å². The molecule has 7 nitrogen and oxygen atoms in total. The topological polar surface area (TPSA) is 85.3 Å². The van der Waals surface area contributed by atoms with Crippen molar-refractivity contribution >= 4 is 17.7 Å². The number of esters is 1. The van der Waals surface area contributed by atoms with Crippen LogP contribution in [0.3, 0.4) is 0 Å². The number of hydrogen-bond donors (Lipinski definition) is 1. The highest BCUT2D eigenvalue weighted by atomic mass is 19.1. The molecule has 0 bridgehead atoms. The number of cyclic esters (lactones) is 1. The molecule has 1 saturated heterocycles. The summed E-state index contributed by atoms with van der Waals surface area (Å²) in [6.07, 6.45) is -2.29. The maximum absolute atomic E-state index is 13.5. The molecule has 3 aromatic carbocycles. The molecule has 2 heterocycles. The molecule has 1 N–H and O–H groups in total. The third kappa shape index (κ3) is 4.08. The first-order valence-electron chi connectivity index (χ1n) is 10.9. The number of carbonyl (C=O) groups is 2. The van der Waals surface area contributed by atoms with E-state index in [0.29, 0.717) is 30.0 Å². The SMILES string of the molecule is CC(OC(=O)c1ccc2c(c1)COC2)[C@H]1OC(=O)N(c2ccc(F)cc2)[C@@H]1c1ccc(O)cc1. The molecule has 0 aromatic heterocycles. The third-order valence-corrected chi connectivity index (χ3v) is 6.08. The fraction of sp³-hybridized carbons (Fsp3) is 0.231. The molecule has 0 spiro atoms. The van der Waals surface area contributed by atoms with Gasteiger partial charge in [0.05, 0.1) is 18.8 Å². The van der Waals surface area contributed by atoms with Crippen LogP contribution in [0.4, 0.5) is 14.9 Å². The molecule has 1 fully saturated rings. The summed E-state index contributed by atoms with van der Waals surface area (Å²) in [5, 5.41) is 9.72. The van der Waals surface area contributed by atoms with E-state index in [2.05, 4.69) is 0 Å². The quantitative estimate of drug-likeness (QED) is 0.544. The summed E-state index contributed by atoms with van der Waals surface area (Å²) in [5.74, 6) is -0.905. The lowest BCUT2D eigenvalue weighted by molar-refractivity contribution is -0.00995. The Balaban J connectivity index is 1.43. The van der Waals surface area contributed by atoms with Crippen molar-refractivity contribution in [2.45, 2.75) is 38.4 Å². The number of nitrogens with zero attached hydrogens (tertiary/aromatic N) is 1. The molecule has 1 unspecified atom stereocenters. The van der Waals surface area contributed by atoms with Crippen LogP contribution in [0.5, 0.6) is 5.75 Å². The standard InChI is InChI=1S/C26H22FNO6/c1-15(33-25(30)17-2-3-18-13-32-14-19(18)12-17)24-23(16-4-10-22(29)11-5-16)28(26(31)34-24)21-8-6-20(27)7-9-21/h2-12,15,23-24,29H,13-14H2,1H3/t15?,23-,24-/m1/s1. The highest BCUT2D eigenvalue weighted by Gasteiger charge is 2.47. The molecular formula is C26H22FNO6. The van der Waals surface area contributed by atoms with Gasteiger partial charge in [-0.15, -0.1) is 0 Å². The van der Waals surface area contributed by atoms with Crippen molar-refractivity contribution in [3.63, 3.8) is 0 Å². The number of rotatable bonds is 5. The Hall–Kier alpha value is -3.91. The Labute approximate surface area is 195 Å². The molecule has 0 saturated carbocycles. The number of carbonyl (C=O) groups excluding carboxylic acids is 2. The van der Waals surface area contributed by atoms with Crippen molar-refractivity contribution in [1.29, 1.82) is 0 Å². The van der Waals surface area contributed by atoms with E-state index in [1.165, 1.54) is 41.3 Å². The van der Waals surface area contributed by atoms with Gasteiger partial charge in [0, 0.05) is 5.69 Å². The molecular weight excluding hydrogens is 441 g/mol. The number of halogens is 1. The highest BCUT2D eigenvalue weighted by molar-refractivity contribution is 5.92. The Bertz CT molecular complexity index is 1230. The summed E-state index contributed by atoms with van der Waals surface area (Å²) in [5.41, 5.74) is 3.46. The van der Waals surface area contributed by atoms with Crippen LogP contribution in [0, 0.1) is 5.82 Å². The van der Waals surface area contributed by atoms with E-state index in [1.807, 2.05) is 6.07 Å². The predicted octanol–water partition coefficient (Wildman–Crippen LogP) is 4.87. The minimum Gasteiger partial charge on any atom is -0.508 e. The second-order valence-corrected chi connectivity index (χ2v) is 8.32. The van der Waals surface area contributed by atoms with Crippen molar-refractivity contribution in [3.05, 3.63) is 94.8 Å². The number of amides is 1. The fourth-order valence-corrected chi connectivity index (χ4v) is 4.33. The van der Waals surface area contributed by atoms with E-state index in [1.54, 1.807) is 31.2 Å². The molecule has 0 radical (unpaired) electrons. The number of fused-ring (bicyclic) bond motifs is 1. The lowest BCUT2D eigenvalue weighted by Crippen LogP contribution is -2.36. The van der Waals surface area contributed by atoms with Crippen LogP contribution in [0.2, 0.25) is 0 Å². The summed E-state index contributed by atoms with van der Waals surface area (Å²) in [4.78, 5) is 27.2. The van der Waals surface area contributed by atoms with Gasteiger partial charge in [-0.25, -0.2) is 14.0 Å². The smallest absolute Gasteiger partial charge is 0.415 e. The molecule has 3 aromatic rings. The van der Waals surface area contributed by atoms with E-state index in [4.69, 9.17) is 14.2 Å². The average Bonchev–Trinajstić information content (AvgIpc) is 3.44. The van der Waals surface area contributed by atoms with Gasteiger partial charge in [-0.05, 0) is 72.1 Å². The van der Waals surface area contributed by atoms with Crippen molar-refractivity contribution in [2.24, 2.45) is 0 Å². The van der Waals surface area contributed by atoms with Crippen LogP contribution < -0.4 is 4.90 Å². The summed E-state index contributed by atoms with van der Waals surface area (Å²) < 4.78 is 30.3. The normalized spacial score (nSPS) is 20.1. The minimum atomic E-state index is -0.844. The molecule has 5 rings (SSSR count). The van der Waals surface area contributed by atoms with Gasteiger partial charge in [-0.1, -0.05) is 18.2 Å². The van der Waals surface area contributed by atoms with Gasteiger partial charge in [0.2, 0.25) is 0 Å². The van der Waals surface area contributed by atoms with Crippen molar-refractivity contribution in [2.75, 3.05) is 4.90 Å². The molecule has 34 heavy (non-hydrogen) atoms. The Morgan fingerprint density at radius 3 is 2.50 bits per heavy atom. The van der Waals surface area contributed by atoms with E-state index in [0.717, 1.165) is 11.1 Å². The van der Waals surface area contributed by atoms with Crippen molar-refractivity contribution < 1.29 is 33.3 Å². The van der Waals surface area contributed by atoms with E-state index < -0.39 is 36.1 Å². The summed E-state index contributed by atoms with van der Waals surface area (Å²) in [6.45, 7) is 2.63. The molecule has 174 valence electrons. The summed E-state index contributed by atoms with van der Waals surface area (Å²) in [7, 11) is 0. The largest absolute Gasteiger partial charge is 0.508 e. The number of aromatic hydroxyl groups is 1. The van der Waals surface area contributed by atoms with Gasteiger partial charge in [-0.3, -0.25) is 4.90 Å². The lowest BCUT2D eigenvalue weighted by Gasteiger charge is -2.28. The van der Waals surface area contributed by atoms with Gasteiger partial charge in [0.15, 0.2) is 6.10 Å². The zero-order chi connectivity index (χ0) is 23.8. The van der Waals surface area contributed by atoms with E-state index >= 15 is 0 Å². The summed E-state index contributed by atoms with van der Waals surface area (Å²) in [6, 6.07) is 16.4. The second-order valence-electron chi connectivity index (χ2n) is 8.32. The van der Waals surface area contributed by atoms with Crippen molar-refractivity contribution in [3.8, 4) is 5.75 Å². The molecule has 2 aliphatic heterocycles. The number of phenols is 1. The minimum absolute atomic E-state index is 0.0685. The summed E-state index contributed by atoms with van der Waals surface area (Å²) >= 11 is 0. The fourth-order valence-electron chi connectivity index (χ4n) is 4.33. The highest BCUT2D eigenvalue weighted by Crippen LogP contribution is 2.40. The third-order valence-electron chi connectivity index (χ3n) is 6.08. The van der Waals surface area contributed by atoms with Gasteiger partial charge >= 0.3 is 12.1 Å². The monoisotopic (exact) mass is 463 g/mol. The molecule has 0 aliphatic carbocycles. The molecule has 8 heteroatoms. The van der Waals surface area contributed by atoms with Crippen LogP contribution in [0.15, 0.2) is 66.7 Å². The van der Waals surface area contributed by atoms with Crippen LogP contribution in [0.25, 0.3) is 0 Å². The van der Waals surface area contributed by atoms with Gasteiger partial charge in [0.25, 0.3) is 0 Å². The zero-order valence-corrected chi connectivity index (χ0v) is 18.3. The zero-order valence-electron chi connectivity index (χ0n) is 18.3. The Morgan fingerprint density at radius 2 is 1.76 bits per heavy atom. The van der Waals surface area contributed by atoms with Crippen molar-refractivity contribution in [1.82, 2.24) is 0 Å². The number of phenolic OH excluding ortho intramolecular Hbond substituents is 1. The average molecular weight is 463 g/mol. The maximum Gasteiger partial charge on any atom is 0.415 e. The predicted molar refractivity (Wildman–Crippen MR) is 120 cm³/mol. The van der Waals surface area contributed by atoms with Crippen LogP contribution in [-0.4, -0.2) is 29.4 Å². The molecule has 1 amide bonds. The van der Waals surface area contributed by atoms with Crippen LogP contribution >= 0.6 is 0 Å². The van der Waals surface area contributed by atoms with Gasteiger partial charge in [0.1, 0.15) is 23.7 Å². The first-order chi connectivity index (χ1) is 16.4. The number of hydrogen-bond acceptors (Lipinski definition) is 6. The molecule has 2 aliphatic rings. The molecule has 3 atom stereocenters. The van der Waals surface area contributed by atoms with Crippen LogP contribution in [0.1, 0.15) is 40.0 Å². The van der Waals surface area contributed by atoms with Gasteiger partial charge < -0.3 is 19.3 Å². The number of ether oxygens (including phenoxy) is 3. The maximum atomic E-state index is 13.5. The van der Waals surface area contributed by atoms with E-state index in [-0.39, 0.29) is 5.75 Å².